The first-order chi connectivity index (χ1) is 10.0. The lowest BCUT2D eigenvalue weighted by molar-refractivity contribution is -0.127. The summed E-state index contributed by atoms with van der Waals surface area (Å²) in [5.74, 6) is 1.26. The Labute approximate surface area is 127 Å². The third-order valence-corrected chi connectivity index (χ3v) is 3.32. The minimum Gasteiger partial charge on any atom is -0.497 e. The molecule has 1 amide bonds. The van der Waals surface area contributed by atoms with Crippen molar-refractivity contribution in [3.8, 4) is 11.5 Å². The van der Waals surface area contributed by atoms with E-state index in [1.54, 1.807) is 20.1 Å². The third kappa shape index (κ3) is 5.27. The number of hydrogen-bond acceptors (Lipinski definition) is 4. The summed E-state index contributed by atoms with van der Waals surface area (Å²) in [5.41, 5.74) is 0.987. The molecule has 0 fully saturated rings. The minimum absolute atomic E-state index is 0.109. The van der Waals surface area contributed by atoms with E-state index in [-0.39, 0.29) is 11.9 Å². The highest BCUT2D eigenvalue weighted by Gasteiger charge is 2.18. The normalized spacial score (nSPS) is 13.4. The van der Waals surface area contributed by atoms with Gasteiger partial charge in [0.15, 0.2) is 6.10 Å². The molecule has 1 aromatic carbocycles. The van der Waals surface area contributed by atoms with E-state index in [2.05, 4.69) is 10.6 Å². The molecule has 5 nitrogen and oxygen atoms in total. The van der Waals surface area contributed by atoms with E-state index in [9.17, 15) is 4.79 Å². The Morgan fingerprint density at radius 3 is 2.62 bits per heavy atom. The number of hydrogen-bond donors (Lipinski definition) is 2. The smallest absolute Gasteiger partial charge is 0.260 e. The molecular weight excluding hydrogens is 268 g/mol. The predicted molar refractivity (Wildman–Crippen MR) is 83.7 cm³/mol. The highest BCUT2D eigenvalue weighted by atomic mass is 16.5. The van der Waals surface area contributed by atoms with Crippen molar-refractivity contribution in [1.29, 1.82) is 0 Å². The predicted octanol–water partition coefficient (Wildman–Crippen LogP) is 2.10. The summed E-state index contributed by atoms with van der Waals surface area (Å²) in [7, 11) is 3.48. The van der Waals surface area contributed by atoms with Gasteiger partial charge in [0.05, 0.1) is 7.11 Å². The lowest BCUT2D eigenvalue weighted by Gasteiger charge is -2.20. The summed E-state index contributed by atoms with van der Waals surface area (Å²) >= 11 is 0. The van der Waals surface area contributed by atoms with Crippen molar-refractivity contribution >= 4 is 5.91 Å². The third-order valence-electron chi connectivity index (χ3n) is 3.32. The zero-order valence-corrected chi connectivity index (χ0v) is 13.5. The van der Waals surface area contributed by atoms with Gasteiger partial charge in [-0.25, -0.2) is 0 Å². The van der Waals surface area contributed by atoms with Crippen molar-refractivity contribution in [1.82, 2.24) is 10.6 Å². The molecule has 0 aliphatic rings. The zero-order chi connectivity index (χ0) is 15.8. The number of carbonyl (C=O) groups excluding carboxylic acids is 1. The van der Waals surface area contributed by atoms with Gasteiger partial charge in [-0.2, -0.15) is 0 Å². The zero-order valence-electron chi connectivity index (χ0n) is 13.5. The van der Waals surface area contributed by atoms with Crippen LogP contribution in [0.2, 0.25) is 0 Å². The number of ether oxygens (including phenoxy) is 2. The van der Waals surface area contributed by atoms with E-state index in [0.29, 0.717) is 18.0 Å². The Bertz CT molecular complexity index is 463. The summed E-state index contributed by atoms with van der Waals surface area (Å²) in [6.45, 7) is 6.42. The number of carbonyl (C=O) groups is 1. The van der Waals surface area contributed by atoms with E-state index < -0.39 is 6.10 Å². The topological polar surface area (TPSA) is 59.6 Å². The van der Waals surface area contributed by atoms with E-state index in [4.69, 9.17) is 9.47 Å². The van der Waals surface area contributed by atoms with Crippen LogP contribution in [0, 0.1) is 0 Å². The van der Waals surface area contributed by atoms with Crippen LogP contribution in [0.1, 0.15) is 32.8 Å². The molecule has 2 unspecified atom stereocenters. The van der Waals surface area contributed by atoms with Gasteiger partial charge in [0.1, 0.15) is 11.5 Å². The summed E-state index contributed by atoms with van der Waals surface area (Å²) in [6, 6.07) is 5.76. The molecule has 0 bridgehead atoms. The van der Waals surface area contributed by atoms with Gasteiger partial charge in [-0.05, 0) is 33.4 Å². The number of nitrogens with one attached hydrogen (secondary N) is 2. The summed E-state index contributed by atoms with van der Waals surface area (Å²) in [6.07, 6.45) is 0.338. The van der Waals surface area contributed by atoms with Crippen molar-refractivity contribution in [2.24, 2.45) is 0 Å². The fourth-order valence-electron chi connectivity index (χ4n) is 1.81. The number of amides is 1. The summed E-state index contributed by atoms with van der Waals surface area (Å²) in [5, 5.41) is 6.00. The monoisotopic (exact) mass is 294 g/mol. The van der Waals surface area contributed by atoms with Crippen LogP contribution in [0.3, 0.4) is 0 Å². The average Bonchev–Trinajstić information content (AvgIpc) is 2.48. The van der Waals surface area contributed by atoms with Crippen molar-refractivity contribution in [2.45, 2.75) is 45.9 Å². The fourth-order valence-corrected chi connectivity index (χ4v) is 1.81. The molecule has 21 heavy (non-hydrogen) atoms. The van der Waals surface area contributed by atoms with E-state index in [1.807, 2.05) is 33.0 Å². The van der Waals surface area contributed by atoms with E-state index >= 15 is 0 Å². The standard InChI is InChI=1S/C16H26N2O3/c1-6-11(2)18-16(19)12(3)21-15-9-14(20-5)8-7-13(15)10-17-4/h7-9,11-12,17H,6,10H2,1-5H3,(H,18,19). The van der Waals surface area contributed by atoms with Crippen molar-refractivity contribution in [3.63, 3.8) is 0 Å². The van der Waals surface area contributed by atoms with Gasteiger partial charge in [0.2, 0.25) is 0 Å². The second-order valence-corrected chi connectivity index (χ2v) is 5.08. The SMILES string of the molecule is CCC(C)NC(=O)C(C)Oc1cc(OC)ccc1CNC. The Kier molecular flexibility index (Phi) is 7.02. The highest BCUT2D eigenvalue weighted by molar-refractivity contribution is 5.81. The Morgan fingerprint density at radius 2 is 2.05 bits per heavy atom. The molecule has 0 aromatic heterocycles. The van der Waals surface area contributed by atoms with Crippen LogP contribution in [0.15, 0.2) is 18.2 Å². The van der Waals surface area contributed by atoms with Crippen LogP contribution in [0.5, 0.6) is 11.5 Å². The molecule has 0 saturated carbocycles. The van der Waals surface area contributed by atoms with Crippen LogP contribution >= 0.6 is 0 Å². The largest absolute Gasteiger partial charge is 0.497 e. The molecular formula is C16H26N2O3. The van der Waals surface area contributed by atoms with Crippen LogP contribution in [0.25, 0.3) is 0 Å². The molecule has 0 spiro atoms. The van der Waals surface area contributed by atoms with Crippen LogP contribution < -0.4 is 20.1 Å². The van der Waals surface area contributed by atoms with Gasteiger partial charge in [0.25, 0.3) is 5.91 Å². The summed E-state index contributed by atoms with van der Waals surface area (Å²) < 4.78 is 11.0. The highest BCUT2D eigenvalue weighted by Crippen LogP contribution is 2.25. The maximum Gasteiger partial charge on any atom is 0.260 e. The maximum absolute atomic E-state index is 12.1. The van der Waals surface area contributed by atoms with E-state index in [1.165, 1.54) is 0 Å². The van der Waals surface area contributed by atoms with E-state index in [0.717, 1.165) is 12.0 Å². The quantitative estimate of drug-likeness (QED) is 0.771. The first-order valence-electron chi connectivity index (χ1n) is 7.30. The molecule has 118 valence electrons. The molecule has 5 heteroatoms. The fraction of sp³-hybridized carbons (Fsp3) is 0.562. The summed E-state index contributed by atoms with van der Waals surface area (Å²) in [4.78, 5) is 12.1. The number of rotatable bonds is 8. The number of methoxy groups -OCH3 is 1. The Hall–Kier alpha value is -1.75. The average molecular weight is 294 g/mol. The molecule has 1 rings (SSSR count). The number of benzene rings is 1. The molecule has 0 aliphatic carbocycles. The van der Waals surface area contributed by atoms with Crippen LogP contribution in [-0.2, 0) is 11.3 Å². The van der Waals surface area contributed by atoms with Gasteiger partial charge in [-0.3, -0.25) is 4.79 Å². The Morgan fingerprint density at radius 1 is 1.33 bits per heavy atom. The van der Waals surface area contributed by atoms with Gasteiger partial charge in [-0.15, -0.1) is 0 Å². The van der Waals surface area contributed by atoms with Crippen LogP contribution in [0.4, 0.5) is 0 Å². The molecule has 2 N–H and O–H groups in total. The van der Waals surface area contributed by atoms with Gasteiger partial charge < -0.3 is 20.1 Å². The van der Waals surface area contributed by atoms with Crippen molar-refractivity contribution < 1.29 is 14.3 Å². The lowest BCUT2D eigenvalue weighted by atomic mass is 10.2. The van der Waals surface area contributed by atoms with Crippen LogP contribution in [-0.4, -0.2) is 32.2 Å². The molecule has 0 heterocycles. The second-order valence-electron chi connectivity index (χ2n) is 5.08. The van der Waals surface area contributed by atoms with Gasteiger partial charge in [-0.1, -0.05) is 13.0 Å². The van der Waals surface area contributed by atoms with Crippen molar-refractivity contribution in [2.75, 3.05) is 14.2 Å². The van der Waals surface area contributed by atoms with Crippen molar-refractivity contribution in [3.05, 3.63) is 23.8 Å². The minimum atomic E-state index is -0.554. The molecule has 0 saturated heterocycles. The van der Waals surface area contributed by atoms with Gasteiger partial charge >= 0.3 is 0 Å². The first-order valence-corrected chi connectivity index (χ1v) is 7.30. The second kappa shape index (κ2) is 8.52. The molecule has 0 aliphatic heterocycles. The van der Waals surface area contributed by atoms with Gasteiger partial charge in [0, 0.05) is 24.2 Å². The molecule has 0 radical (unpaired) electrons. The molecule has 1 aromatic rings. The Balaban J connectivity index is 2.81. The first kappa shape index (κ1) is 17.3. The molecule has 2 atom stereocenters. The lowest BCUT2D eigenvalue weighted by Crippen LogP contribution is -2.41. The maximum atomic E-state index is 12.1.